The molecule has 0 aliphatic heterocycles. The van der Waals surface area contributed by atoms with Crippen LogP contribution in [0.5, 0.6) is 5.75 Å². The molecule has 1 aliphatic rings. The van der Waals surface area contributed by atoms with E-state index in [4.69, 9.17) is 4.74 Å². The smallest absolute Gasteiger partial charge is 0.220 e. The van der Waals surface area contributed by atoms with Crippen molar-refractivity contribution in [3.63, 3.8) is 0 Å². The van der Waals surface area contributed by atoms with Gasteiger partial charge in [-0.2, -0.15) is 0 Å². The monoisotopic (exact) mass is 291 g/mol. The maximum Gasteiger partial charge on any atom is 0.220 e. The summed E-state index contributed by atoms with van der Waals surface area (Å²) in [7, 11) is 1.64. The van der Waals surface area contributed by atoms with Crippen molar-refractivity contribution in [2.24, 2.45) is 5.92 Å². The highest BCUT2D eigenvalue weighted by Gasteiger charge is 2.25. The molecule has 1 aliphatic carbocycles. The Balaban J connectivity index is 1.81. The molecule has 1 aromatic rings. The number of hydrogen-bond donors (Lipinski definition) is 2. The summed E-state index contributed by atoms with van der Waals surface area (Å²) in [5, 5.41) is 12.8. The standard InChI is InChI=1S/C17H25NO3/c1-12(14-8-3-4-9-16(14)21-2)10-17(20)18-11-15(19)13-6-5-7-13/h3-4,8-9,12-13,15,19H,5-7,10-11H2,1-2H3,(H,18,20)/t12-,15+/m0/s1. The number of carbonyl (C=O) groups excluding carboxylic acids is 1. The van der Waals surface area contributed by atoms with Gasteiger partial charge in [0.15, 0.2) is 0 Å². The summed E-state index contributed by atoms with van der Waals surface area (Å²) in [5.41, 5.74) is 1.04. The number of para-hydroxylation sites is 1. The molecule has 0 spiro atoms. The molecule has 0 bridgehead atoms. The molecule has 2 rings (SSSR count). The normalized spacial score (nSPS) is 17.7. The molecular weight excluding hydrogens is 266 g/mol. The summed E-state index contributed by atoms with van der Waals surface area (Å²) >= 11 is 0. The van der Waals surface area contributed by atoms with Crippen LogP contribution in [-0.4, -0.2) is 30.8 Å². The molecule has 0 heterocycles. The van der Waals surface area contributed by atoms with E-state index in [-0.39, 0.29) is 11.8 Å². The van der Waals surface area contributed by atoms with Gasteiger partial charge in [-0.15, -0.1) is 0 Å². The Morgan fingerprint density at radius 2 is 2.14 bits per heavy atom. The second-order valence-corrected chi connectivity index (χ2v) is 5.91. The zero-order chi connectivity index (χ0) is 15.2. The Morgan fingerprint density at radius 1 is 1.43 bits per heavy atom. The number of aliphatic hydroxyl groups excluding tert-OH is 1. The molecule has 0 aromatic heterocycles. The summed E-state index contributed by atoms with van der Waals surface area (Å²) in [5.74, 6) is 1.25. The highest BCUT2D eigenvalue weighted by molar-refractivity contribution is 5.77. The Labute approximate surface area is 126 Å². The third-order valence-electron chi connectivity index (χ3n) is 4.36. The Morgan fingerprint density at radius 3 is 2.76 bits per heavy atom. The molecule has 1 fully saturated rings. The van der Waals surface area contributed by atoms with Crippen LogP contribution in [-0.2, 0) is 4.79 Å². The van der Waals surface area contributed by atoms with Crippen molar-refractivity contribution in [1.29, 1.82) is 0 Å². The molecule has 1 saturated carbocycles. The van der Waals surface area contributed by atoms with Gasteiger partial charge in [-0.1, -0.05) is 31.5 Å². The van der Waals surface area contributed by atoms with E-state index in [1.165, 1.54) is 6.42 Å². The van der Waals surface area contributed by atoms with Crippen molar-refractivity contribution in [3.05, 3.63) is 29.8 Å². The van der Waals surface area contributed by atoms with Gasteiger partial charge in [-0.25, -0.2) is 0 Å². The van der Waals surface area contributed by atoms with Crippen LogP contribution >= 0.6 is 0 Å². The molecule has 0 saturated heterocycles. The number of ether oxygens (including phenoxy) is 1. The first-order valence-electron chi connectivity index (χ1n) is 7.69. The number of methoxy groups -OCH3 is 1. The van der Waals surface area contributed by atoms with Gasteiger partial charge in [0.1, 0.15) is 5.75 Å². The maximum absolute atomic E-state index is 12.0. The fourth-order valence-electron chi connectivity index (χ4n) is 2.74. The lowest BCUT2D eigenvalue weighted by atomic mass is 9.81. The zero-order valence-electron chi connectivity index (χ0n) is 12.8. The Bertz CT molecular complexity index is 471. The van der Waals surface area contributed by atoms with Gasteiger partial charge in [0.25, 0.3) is 0 Å². The molecule has 2 N–H and O–H groups in total. The molecule has 0 unspecified atom stereocenters. The van der Waals surface area contributed by atoms with E-state index in [1.54, 1.807) is 7.11 Å². The van der Waals surface area contributed by atoms with Crippen LogP contribution in [0.1, 0.15) is 44.1 Å². The zero-order valence-corrected chi connectivity index (χ0v) is 12.8. The molecule has 2 atom stereocenters. The maximum atomic E-state index is 12.0. The third-order valence-corrected chi connectivity index (χ3v) is 4.36. The molecule has 116 valence electrons. The number of nitrogens with one attached hydrogen (secondary N) is 1. The van der Waals surface area contributed by atoms with Gasteiger partial charge in [0.2, 0.25) is 5.91 Å². The van der Waals surface area contributed by atoms with Gasteiger partial charge < -0.3 is 15.2 Å². The summed E-state index contributed by atoms with van der Waals surface area (Å²) in [6, 6.07) is 7.76. The molecular formula is C17H25NO3. The van der Waals surface area contributed by atoms with E-state index in [1.807, 2.05) is 31.2 Å². The van der Waals surface area contributed by atoms with Crippen molar-refractivity contribution >= 4 is 5.91 Å². The summed E-state index contributed by atoms with van der Waals surface area (Å²) in [6.07, 6.45) is 3.35. The average Bonchev–Trinajstić information content (AvgIpc) is 2.43. The molecule has 1 aromatic carbocycles. The fraction of sp³-hybridized carbons (Fsp3) is 0.588. The van der Waals surface area contributed by atoms with Crippen molar-refractivity contribution in [1.82, 2.24) is 5.32 Å². The third kappa shape index (κ3) is 4.21. The second kappa shape index (κ2) is 7.46. The molecule has 0 radical (unpaired) electrons. The first-order chi connectivity index (χ1) is 10.1. The number of amides is 1. The molecule has 4 nitrogen and oxygen atoms in total. The minimum Gasteiger partial charge on any atom is -0.496 e. The Hall–Kier alpha value is -1.55. The topological polar surface area (TPSA) is 58.6 Å². The molecule has 4 heteroatoms. The number of rotatable bonds is 7. The van der Waals surface area contributed by atoms with E-state index < -0.39 is 6.10 Å². The lowest BCUT2D eigenvalue weighted by molar-refractivity contribution is -0.122. The van der Waals surface area contributed by atoms with E-state index in [0.717, 1.165) is 24.2 Å². The predicted octanol–water partition coefficient (Wildman–Crippen LogP) is 2.47. The van der Waals surface area contributed by atoms with Crippen molar-refractivity contribution < 1.29 is 14.6 Å². The molecule has 1 amide bonds. The van der Waals surface area contributed by atoms with Gasteiger partial charge in [0, 0.05) is 13.0 Å². The number of aliphatic hydroxyl groups is 1. The van der Waals surface area contributed by atoms with Crippen LogP contribution in [0.4, 0.5) is 0 Å². The predicted molar refractivity (Wildman–Crippen MR) is 82.4 cm³/mol. The van der Waals surface area contributed by atoms with Crippen LogP contribution in [0.15, 0.2) is 24.3 Å². The van der Waals surface area contributed by atoms with Crippen molar-refractivity contribution in [3.8, 4) is 5.75 Å². The highest BCUT2D eigenvalue weighted by Crippen LogP contribution is 2.30. The van der Waals surface area contributed by atoms with Crippen LogP contribution in [0.25, 0.3) is 0 Å². The quantitative estimate of drug-likeness (QED) is 0.811. The lowest BCUT2D eigenvalue weighted by Crippen LogP contribution is -2.38. The average molecular weight is 291 g/mol. The van der Waals surface area contributed by atoms with Crippen LogP contribution in [0.3, 0.4) is 0 Å². The number of hydrogen-bond acceptors (Lipinski definition) is 3. The first kappa shape index (κ1) is 15.8. The van der Waals surface area contributed by atoms with Crippen molar-refractivity contribution in [2.75, 3.05) is 13.7 Å². The van der Waals surface area contributed by atoms with Crippen molar-refractivity contribution in [2.45, 2.75) is 44.6 Å². The summed E-state index contributed by atoms with van der Waals surface area (Å²) in [4.78, 5) is 12.0. The second-order valence-electron chi connectivity index (χ2n) is 5.91. The molecule has 21 heavy (non-hydrogen) atoms. The summed E-state index contributed by atoms with van der Waals surface area (Å²) in [6.45, 7) is 2.38. The minimum absolute atomic E-state index is 0.0215. The van der Waals surface area contributed by atoms with Crippen LogP contribution in [0.2, 0.25) is 0 Å². The van der Waals surface area contributed by atoms with Gasteiger partial charge >= 0.3 is 0 Å². The number of benzene rings is 1. The summed E-state index contributed by atoms with van der Waals surface area (Å²) < 4.78 is 5.33. The highest BCUT2D eigenvalue weighted by atomic mass is 16.5. The van der Waals surface area contributed by atoms with E-state index in [0.29, 0.717) is 18.9 Å². The van der Waals surface area contributed by atoms with Gasteiger partial charge in [-0.3, -0.25) is 4.79 Å². The van der Waals surface area contributed by atoms with Gasteiger partial charge in [0.05, 0.1) is 13.2 Å². The van der Waals surface area contributed by atoms with Crippen LogP contribution < -0.4 is 10.1 Å². The van der Waals surface area contributed by atoms with Crippen LogP contribution in [0, 0.1) is 5.92 Å². The van der Waals surface area contributed by atoms with E-state index in [9.17, 15) is 9.90 Å². The Kier molecular flexibility index (Phi) is 5.62. The van der Waals surface area contributed by atoms with E-state index >= 15 is 0 Å². The lowest BCUT2D eigenvalue weighted by Gasteiger charge is -2.30. The first-order valence-corrected chi connectivity index (χ1v) is 7.69. The van der Waals surface area contributed by atoms with Gasteiger partial charge in [-0.05, 0) is 36.3 Å². The SMILES string of the molecule is COc1ccccc1[C@@H](C)CC(=O)NC[C@@H](O)C1CCC1. The largest absolute Gasteiger partial charge is 0.496 e. The number of carbonyl (C=O) groups is 1. The van der Waals surface area contributed by atoms with E-state index in [2.05, 4.69) is 5.32 Å². The fourth-order valence-corrected chi connectivity index (χ4v) is 2.74. The minimum atomic E-state index is -0.399.